The molecule has 5 heteroatoms. The van der Waals surface area contributed by atoms with Gasteiger partial charge in [-0.25, -0.2) is 0 Å². The molecule has 86 valence electrons. The van der Waals surface area contributed by atoms with Crippen molar-refractivity contribution >= 4 is 11.8 Å². The zero-order valence-electron chi connectivity index (χ0n) is 9.56. The van der Waals surface area contributed by atoms with Crippen LogP contribution < -0.4 is 0 Å². The molecule has 0 saturated carbocycles. The Kier molecular flexibility index (Phi) is 4.10. The van der Waals surface area contributed by atoms with Crippen molar-refractivity contribution in [2.45, 2.75) is 20.8 Å². The number of ether oxygens (including phenoxy) is 1. The lowest BCUT2D eigenvalue weighted by molar-refractivity contribution is -0.145. The molecular formula is C11H14N2O3. The molecule has 0 aliphatic rings. The summed E-state index contributed by atoms with van der Waals surface area (Å²) in [6.45, 7) is 5.23. The number of ketones is 1. The average molecular weight is 222 g/mol. The maximum Gasteiger partial charge on any atom is 0.316 e. The maximum absolute atomic E-state index is 11.8. The first-order valence-electron chi connectivity index (χ1n) is 5.07. The van der Waals surface area contributed by atoms with Crippen LogP contribution >= 0.6 is 0 Å². The second-order valence-corrected chi connectivity index (χ2v) is 3.40. The van der Waals surface area contributed by atoms with E-state index in [0.29, 0.717) is 0 Å². The largest absolute Gasteiger partial charge is 0.465 e. The third-order valence-electron chi connectivity index (χ3n) is 2.08. The molecule has 0 saturated heterocycles. The van der Waals surface area contributed by atoms with Gasteiger partial charge in [-0.15, -0.1) is 5.10 Å². The number of esters is 1. The van der Waals surface area contributed by atoms with Crippen molar-refractivity contribution < 1.29 is 14.3 Å². The Morgan fingerprint density at radius 3 is 2.56 bits per heavy atom. The summed E-state index contributed by atoms with van der Waals surface area (Å²) in [7, 11) is 0. The third-order valence-corrected chi connectivity index (χ3v) is 2.08. The molecule has 0 bridgehead atoms. The Morgan fingerprint density at radius 1 is 1.38 bits per heavy atom. The summed E-state index contributed by atoms with van der Waals surface area (Å²) >= 11 is 0. The SMILES string of the molecule is CCOC(=O)C(C)C(=O)c1ccc(C)nn1. The molecule has 0 fully saturated rings. The first-order valence-corrected chi connectivity index (χ1v) is 5.07. The highest BCUT2D eigenvalue weighted by atomic mass is 16.5. The highest BCUT2D eigenvalue weighted by molar-refractivity contribution is 6.07. The molecule has 5 nitrogen and oxygen atoms in total. The number of rotatable bonds is 4. The fraction of sp³-hybridized carbons (Fsp3) is 0.455. The summed E-state index contributed by atoms with van der Waals surface area (Å²) < 4.78 is 4.76. The van der Waals surface area contributed by atoms with E-state index in [0.717, 1.165) is 5.69 Å². The monoisotopic (exact) mass is 222 g/mol. The van der Waals surface area contributed by atoms with Gasteiger partial charge in [-0.1, -0.05) is 0 Å². The average Bonchev–Trinajstić information content (AvgIpc) is 2.28. The molecule has 0 radical (unpaired) electrons. The number of hydrogen-bond acceptors (Lipinski definition) is 5. The van der Waals surface area contributed by atoms with Crippen LogP contribution in [0, 0.1) is 12.8 Å². The lowest BCUT2D eigenvalue weighted by atomic mass is 10.0. The van der Waals surface area contributed by atoms with Crippen LogP contribution in [0.5, 0.6) is 0 Å². The topological polar surface area (TPSA) is 69.2 Å². The zero-order valence-corrected chi connectivity index (χ0v) is 9.56. The fourth-order valence-corrected chi connectivity index (χ4v) is 1.13. The fourth-order valence-electron chi connectivity index (χ4n) is 1.13. The number of hydrogen-bond donors (Lipinski definition) is 0. The zero-order chi connectivity index (χ0) is 12.1. The van der Waals surface area contributed by atoms with Crippen LogP contribution in [-0.2, 0) is 9.53 Å². The van der Waals surface area contributed by atoms with Gasteiger partial charge in [0.1, 0.15) is 11.6 Å². The normalized spacial score (nSPS) is 11.9. The van der Waals surface area contributed by atoms with E-state index in [1.165, 1.54) is 6.92 Å². The van der Waals surface area contributed by atoms with Gasteiger partial charge in [0.05, 0.1) is 12.3 Å². The third kappa shape index (κ3) is 2.85. The first kappa shape index (κ1) is 12.3. The molecule has 1 atom stereocenters. The van der Waals surface area contributed by atoms with Gasteiger partial charge in [-0.2, -0.15) is 5.10 Å². The highest BCUT2D eigenvalue weighted by Crippen LogP contribution is 2.08. The second-order valence-electron chi connectivity index (χ2n) is 3.40. The van der Waals surface area contributed by atoms with E-state index < -0.39 is 11.9 Å². The number of nitrogens with zero attached hydrogens (tertiary/aromatic N) is 2. The highest BCUT2D eigenvalue weighted by Gasteiger charge is 2.25. The molecular weight excluding hydrogens is 208 g/mol. The van der Waals surface area contributed by atoms with E-state index in [-0.39, 0.29) is 18.1 Å². The molecule has 0 aliphatic carbocycles. The van der Waals surface area contributed by atoms with E-state index in [2.05, 4.69) is 10.2 Å². The summed E-state index contributed by atoms with van der Waals surface area (Å²) in [6, 6.07) is 3.23. The van der Waals surface area contributed by atoms with Crippen molar-refractivity contribution in [2.75, 3.05) is 6.61 Å². The molecule has 0 amide bonds. The van der Waals surface area contributed by atoms with Crippen LogP contribution in [0.1, 0.15) is 30.0 Å². The molecule has 1 rings (SSSR count). The van der Waals surface area contributed by atoms with Crippen LogP contribution in [0.15, 0.2) is 12.1 Å². The molecule has 0 N–H and O–H groups in total. The molecule has 1 heterocycles. The predicted octanol–water partition coefficient (Wildman–Crippen LogP) is 1.17. The number of carbonyl (C=O) groups excluding carboxylic acids is 2. The van der Waals surface area contributed by atoms with Crippen LogP contribution in [0.4, 0.5) is 0 Å². The number of aryl methyl sites for hydroxylation is 1. The molecule has 0 spiro atoms. The van der Waals surface area contributed by atoms with Gasteiger partial charge in [0.2, 0.25) is 0 Å². The van der Waals surface area contributed by atoms with Crippen LogP contribution in [0.25, 0.3) is 0 Å². The molecule has 1 aromatic heterocycles. The van der Waals surface area contributed by atoms with Crippen molar-refractivity contribution in [3.8, 4) is 0 Å². The smallest absolute Gasteiger partial charge is 0.316 e. The van der Waals surface area contributed by atoms with Crippen molar-refractivity contribution in [2.24, 2.45) is 5.92 Å². The van der Waals surface area contributed by atoms with E-state index in [9.17, 15) is 9.59 Å². The molecule has 0 aliphatic heterocycles. The van der Waals surface area contributed by atoms with Gasteiger partial charge < -0.3 is 4.74 Å². The Hall–Kier alpha value is -1.78. The van der Waals surface area contributed by atoms with Crippen LogP contribution in [0.3, 0.4) is 0 Å². The van der Waals surface area contributed by atoms with Crippen molar-refractivity contribution in [3.63, 3.8) is 0 Å². The Bertz CT molecular complexity index is 387. The Morgan fingerprint density at radius 2 is 2.06 bits per heavy atom. The van der Waals surface area contributed by atoms with Gasteiger partial charge in [0.15, 0.2) is 5.78 Å². The summed E-state index contributed by atoms with van der Waals surface area (Å²) in [5.74, 6) is -1.74. The number of aromatic nitrogens is 2. The quantitative estimate of drug-likeness (QED) is 0.434. The van der Waals surface area contributed by atoms with Gasteiger partial charge in [0.25, 0.3) is 0 Å². The Balaban J connectivity index is 2.78. The summed E-state index contributed by atoms with van der Waals surface area (Å²) in [4.78, 5) is 23.1. The van der Waals surface area contributed by atoms with E-state index >= 15 is 0 Å². The lowest BCUT2D eigenvalue weighted by Crippen LogP contribution is -2.24. The maximum atomic E-state index is 11.8. The predicted molar refractivity (Wildman–Crippen MR) is 56.9 cm³/mol. The minimum Gasteiger partial charge on any atom is -0.465 e. The molecule has 1 unspecified atom stereocenters. The number of Topliss-reactive ketones (excluding diaryl/α,β-unsaturated/α-hetero) is 1. The van der Waals surface area contributed by atoms with Crippen molar-refractivity contribution in [1.29, 1.82) is 0 Å². The summed E-state index contributed by atoms with van der Waals surface area (Å²) in [6.07, 6.45) is 0. The van der Waals surface area contributed by atoms with Crippen molar-refractivity contribution in [3.05, 3.63) is 23.5 Å². The van der Waals surface area contributed by atoms with E-state index in [1.54, 1.807) is 26.0 Å². The second kappa shape index (κ2) is 5.34. The minimum absolute atomic E-state index is 0.186. The standard InChI is InChI=1S/C11H14N2O3/c1-4-16-11(15)8(3)10(14)9-6-5-7(2)12-13-9/h5-6,8H,4H2,1-3H3. The minimum atomic E-state index is -0.836. The Labute approximate surface area is 93.8 Å². The van der Waals surface area contributed by atoms with Crippen LogP contribution in [0.2, 0.25) is 0 Å². The summed E-state index contributed by atoms with van der Waals surface area (Å²) in [5.41, 5.74) is 0.909. The van der Waals surface area contributed by atoms with Gasteiger partial charge in [-0.05, 0) is 32.9 Å². The van der Waals surface area contributed by atoms with Crippen molar-refractivity contribution in [1.82, 2.24) is 10.2 Å². The van der Waals surface area contributed by atoms with Gasteiger partial charge in [-0.3, -0.25) is 9.59 Å². The van der Waals surface area contributed by atoms with Gasteiger partial charge >= 0.3 is 5.97 Å². The summed E-state index contributed by atoms with van der Waals surface area (Å²) in [5, 5.41) is 7.50. The molecule has 0 aromatic carbocycles. The molecule has 1 aromatic rings. The number of carbonyl (C=O) groups is 2. The van der Waals surface area contributed by atoms with Gasteiger partial charge in [0, 0.05) is 0 Å². The lowest BCUT2D eigenvalue weighted by Gasteiger charge is -2.08. The van der Waals surface area contributed by atoms with E-state index in [1.807, 2.05) is 0 Å². The van der Waals surface area contributed by atoms with Crippen LogP contribution in [-0.4, -0.2) is 28.6 Å². The molecule has 16 heavy (non-hydrogen) atoms. The van der Waals surface area contributed by atoms with E-state index in [4.69, 9.17) is 4.74 Å². The first-order chi connectivity index (χ1) is 7.56.